The number of likely N-dealkylation sites (tertiary alicyclic amines) is 1. The lowest BCUT2D eigenvalue weighted by molar-refractivity contribution is -0.133. The first-order valence-corrected chi connectivity index (χ1v) is 6.36. The van der Waals surface area contributed by atoms with E-state index >= 15 is 0 Å². The highest BCUT2D eigenvalue weighted by molar-refractivity contribution is 5.79. The molecule has 2 atom stereocenters. The Labute approximate surface area is 107 Å². The second-order valence-electron chi connectivity index (χ2n) is 5.03. The van der Waals surface area contributed by atoms with Crippen LogP contribution in [-0.4, -0.2) is 29.4 Å². The standard InChI is InChI=1S/C14H19FN2O/c1-10-7-13(16)5-6-17(10)14(18)9-11-3-2-4-12(15)8-11/h2-4,8,10,13H,5-7,9,16H2,1H3/t10-,13-/m0/s1. The van der Waals surface area contributed by atoms with Crippen LogP contribution >= 0.6 is 0 Å². The summed E-state index contributed by atoms with van der Waals surface area (Å²) in [5.41, 5.74) is 6.60. The van der Waals surface area contributed by atoms with Gasteiger partial charge in [0, 0.05) is 18.6 Å². The van der Waals surface area contributed by atoms with Crippen LogP contribution in [0.1, 0.15) is 25.3 Å². The van der Waals surface area contributed by atoms with Crippen molar-refractivity contribution in [2.24, 2.45) is 5.73 Å². The minimum absolute atomic E-state index is 0.0556. The van der Waals surface area contributed by atoms with Gasteiger partial charge in [0.15, 0.2) is 0 Å². The Hall–Kier alpha value is -1.42. The Balaban J connectivity index is 1.99. The molecular formula is C14H19FN2O. The number of piperidine rings is 1. The molecule has 2 N–H and O–H groups in total. The molecule has 0 aliphatic carbocycles. The van der Waals surface area contributed by atoms with E-state index in [4.69, 9.17) is 5.73 Å². The van der Waals surface area contributed by atoms with Crippen LogP contribution in [0.4, 0.5) is 4.39 Å². The van der Waals surface area contributed by atoms with Gasteiger partial charge in [-0.1, -0.05) is 12.1 Å². The molecule has 1 aliphatic heterocycles. The molecule has 1 aromatic rings. The maximum atomic E-state index is 13.0. The number of rotatable bonds is 2. The van der Waals surface area contributed by atoms with E-state index in [9.17, 15) is 9.18 Å². The highest BCUT2D eigenvalue weighted by atomic mass is 19.1. The number of benzene rings is 1. The van der Waals surface area contributed by atoms with Gasteiger partial charge in [0.2, 0.25) is 5.91 Å². The average Bonchev–Trinajstić information content (AvgIpc) is 2.28. The van der Waals surface area contributed by atoms with Gasteiger partial charge in [-0.15, -0.1) is 0 Å². The van der Waals surface area contributed by atoms with E-state index in [-0.39, 0.29) is 30.2 Å². The Morgan fingerprint density at radius 3 is 3.00 bits per heavy atom. The number of hydrogen-bond acceptors (Lipinski definition) is 2. The maximum Gasteiger partial charge on any atom is 0.227 e. The smallest absolute Gasteiger partial charge is 0.227 e. The molecule has 98 valence electrons. The van der Waals surface area contributed by atoms with Crippen LogP contribution in [0.5, 0.6) is 0 Å². The first kappa shape index (κ1) is 13.0. The third kappa shape index (κ3) is 3.07. The predicted molar refractivity (Wildman–Crippen MR) is 68.5 cm³/mol. The largest absolute Gasteiger partial charge is 0.340 e. The van der Waals surface area contributed by atoms with Crippen LogP contribution in [0.15, 0.2) is 24.3 Å². The molecule has 0 aromatic heterocycles. The van der Waals surface area contributed by atoms with Crippen molar-refractivity contribution in [1.29, 1.82) is 0 Å². The molecule has 1 amide bonds. The number of carbonyl (C=O) groups is 1. The van der Waals surface area contributed by atoms with Crippen LogP contribution in [0.2, 0.25) is 0 Å². The molecule has 0 radical (unpaired) electrons. The summed E-state index contributed by atoms with van der Waals surface area (Å²) in [7, 11) is 0. The topological polar surface area (TPSA) is 46.3 Å². The molecular weight excluding hydrogens is 231 g/mol. The molecule has 1 saturated heterocycles. The van der Waals surface area contributed by atoms with Crippen molar-refractivity contribution < 1.29 is 9.18 Å². The molecule has 1 aliphatic rings. The molecule has 18 heavy (non-hydrogen) atoms. The summed E-state index contributed by atoms with van der Waals surface area (Å²) in [5, 5.41) is 0. The Morgan fingerprint density at radius 1 is 1.56 bits per heavy atom. The van der Waals surface area contributed by atoms with E-state index in [0.717, 1.165) is 18.4 Å². The number of halogens is 1. The van der Waals surface area contributed by atoms with E-state index in [1.807, 2.05) is 11.8 Å². The van der Waals surface area contributed by atoms with Gasteiger partial charge in [-0.3, -0.25) is 4.79 Å². The van der Waals surface area contributed by atoms with E-state index in [1.54, 1.807) is 12.1 Å². The molecule has 0 spiro atoms. The zero-order chi connectivity index (χ0) is 13.1. The number of amides is 1. The lowest BCUT2D eigenvalue weighted by Gasteiger charge is -2.36. The van der Waals surface area contributed by atoms with Gasteiger partial charge in [0.25, 0.3) is 0 Å². The van der Waals surface area contributed by atoms with Gasteiger partial charge >= 0.3 is 0 Å². The zero-order valence-electron chi connectivity index (χ0n) is 10.6. The fourth-order valence-corrected chi connectivity index (χ4v) is 2.50. The van der Waals surface area contributed by atoms with E-state index in [0.29, 0.717) is 6.54 Å². The summed E-state index contributed by atoms with van der Waals surface area (Å²) in [6.45, 7) is 2.72. The van der Waals surface area contributed by atoms with Crippen LogP contribution < -0.4 is 5.73 Å². The molecule has 0 bridgehead atoms. The molecule has 2 rings (SSSR count). The zero-order valence-corrected chi connectivity index (χ0v) is 10.6. The normalized spacial score (nSPS) is 24.1. The third-order valence-electron chi connectivity index (χ3n) is 3.48. The van der Waals surface area contributed by atoms with Crippen LogP contribution in [0.3, 0.4) is 0 Å². The van der Waals surface area contributed by atoms with Gasteiger partial charge in [-0.2, -0.15) is 0 Å². The quantitative estimate of drug-likeness (QED) is 0.868. The van der Waals surface area contributed by atoms with Crippen LogP contribution in [0.25, 0.3) is 0 Å². The number of nitrogens with zero attached hydrogens (tertiary/aromatic N) is 1. The molecule has 1 fully saturated rings. The lowest BCUT2D eigenvalue weighted by Crippen LogP contribution is -2.48. The van der Waals surface area contributed by atoms with Crippen LogP contribution in [-0.2, 0) is 11.2 Å². The molecule has 4 heteroatoms. The van der Waals surface area contributed by atoms with Gasteiger partial charge in [-0.05, 0) is 37.5 Å². The molecule has 0 saturated carbocycles. The fourth-order valence-electron chi connectivity index (χ4n) is 2.50. The molecule has 1 aromatic carbocycles. The summed E-state index contributed by atoms with van der Waals surface area (Å²) in [4.78, 5) is 14.0. The Morgan fingerprint density at radius 2 is 2.33 bits per heavy atom. The molecule has 1 heterocycles. The minimum Gasteiger partial charge on any atom is -0.340 e. The van der Waals surface area contributed by atoms with E-state index in [1.165, 1.54) is 12.1 Å². The van der Waals surface area contributed by atoms with Gasteiger partial charge in [-0.25, -0.2) is 4.39 Å². The Bertz CT molecular complexity index is 436. The molecule has 0 unspecified atom stereocenters. The fraction of sp³-hybridized carbons (Fsp3) is 0.500. The average molecular weight is 250 g/mol. The van der Waals surface area contributed by atoms with Gasteiger partial charge in [0.1, 0.15) is 5.82 Å². The SMILES string of the molecule is C[C@H]1C[C@@H](N)CCN1C(=O)Cc1cccc(F)c1. The predicted octanol–water partition coefficient (Wildman–Crippen LogP) is 1.71. The highest BCUT2D eigenvalue weighted by Gasteiger charge is 2.26. The minimum atomic E-state index is -0.297. The summed E-state index contributed by atoms with van der Waals surface area (Å²) in [6, 6.07) is 6.58. The van der Waals surface area contributed by atoms with E-state index in [2.05, 4.69) is 0 Å². The number of hydrogen-bond donors (Lipinski definition) is 1. The highest BCUT2D eigenvalue weighted by Crippen LogP contribution is 2.17. The van der Waals surface area contributed by atoms with Gasteiger partial charge < -0.3 is 10.6 Å². The van der Waals surface area contributed by atoms with Crippen molar-refractivity contribution in [3.8, 4) is 0 Å². The number of carbonyl (C=O) groups excluding carboxylic acids is 1. The van der Waals surface area contributed by atoms with Gasteiger partial charge in [0.05, 0.1) is 6.42 Å². The van der Waals surface area contributed by atoms with E-state index < -0.39 is 0 Å². The third-order valence-corrected chi connectivity index (χ3v) is 3.48. The number of nitrogens with two attached hydrogens (primary N) is 1. The lowest BCUT2D eigenvalue weighted by atomic mass is 9.98. The van der Waals surface area contributed by atoms with Crippen molar-refractivity contribution in [1.82, 2.24) is 4.90 Å². The summed E-state index contributed by atoms with van der Waals surface area (Å²) < 4.78 is 13.0. The first-order chi connectivity index (χ1) is 8.56. The summed E-state index contributed by atoms with van der Waals surface area (Å²) in [6.07, 6.45) is 1.95. The molecule has 3 nitrogen and oxygen atoms in total. The van der Waals surface area contributed by atoms with Crippen molar-refractivity contribution in [3.63, 3.8) is 0 Å². The van der Waals surface area contributed by atoms with Crippen molar-refractivity contribution >= 4 is 5.91 Å². The maximum absolute atomic E-state index is 13.0. The van der Waals surface area contributed by atoms with Crippen LogP contribution in [0, 0.1) is 5.82 Å². The van der Waals surface area contributed by atoms with Crippen molar-refractivity contribution in [2.45, 2.75) is 38.3 Å². The monoisotopic (exact) mass is 250 g/mol. The second kappa shape index (κ2) is 5.48. The summed E-state index contributed by atoms with van der Waals surface area (Å²) in [5.74, 6) is -0.242. The Kier molecular flexibility index (Phi) is 3.97. The van der Waals surface area contributed by atoms with Crippen molar-refractivity contribution in [2.75, 3.05) is 6.54 Å². The first-order valence-electron chi connectivity index (χ1n) is 6.36. The second-order valence-corrected chi connectivity index (χ2v) is 5.03. The summed E-state index contributed by atoms with van der Waals surface area (Å²) >= 11 is 0. The van der Waals surface area contributed by atoms with Crippen molar-refractivity contribution in [3.05, 3.63) is 35.6 Å².